The molecule has 0 aliphatic rings. The average molecular weight is 195 g/mol. The standard InChI is InChI=1S/C12H21NO/c1-11(2,3)7-10-13-8-9(14-10)12(4,5)6/h8H,7H2,1-6H3. The zero-order chi connectivity index (χ0) is 11.0. The molecule has 0 fully saturated rings. The molecule has 1 heterocycles. The van der Waals surface area contributed by atoms with Crippen LogP contribution in [0.15, 0.2) is 10.6 Å². The van der Waals surface area contributed by atoms with Crippen molar-refractivity contribution in [2.75, 3.05) is 0 Å². The minimum Gasteiger partial charge on any atom is -0.445 e. The van der Waals surface area contributed by atoms with Gasteiger partial charge in [-0.1, -0.05) is 41.5 Å². The summed E-state index contributed by atoms with van der Waals surface area (Å²) in [4.78, 5) is 4.30. The predicted octanol–water partition coefficient (Wildman–Crippen LogP) is 3.56. The van der Waals surface area contributed by atoms with E-state index in [-0.39, 0.29) is 10.8 Å². The summed E-state index contributed by atoms with van der Waals surface area (Å²) in [5.74, 6) is 1.82. The number of aromatic nitrogens is 1. The van der Waals surface area contributed by atoms with Crippen LogP contribution < -0.4 is 0 Å². The van der Waals surface area contributed by atoms with E-state index in [1.54, 1.807) is 0 Å². The third-order valence-electron chi connectivity index (χ3n) is 1.97. The first-order chi connectivity index (χ1) is 6.18. The summed E-state index contributed by atoms with van der Waals surface area (Å²) >= 11 is 0. The molecule has 1 rings (SSSR count). The van der Waals surface area contributed by atoms with Gasteiger partial charge in [-0.2, -0.15) is 0 Å². The molecule has 0 atom stereocenters. The second-order valence-corrected chi connectivity index (χ2v) is 6.11. The Labute approximate surface area is 86.7 Å². The van der Waals surface area contributed by atoms with Gasteiger partial charge in [0.25, 0.3) is 0 Å². The van der Waals surface area contributed by atoms with Crippen LogP contribution in [0.4, 0.5) is 0 Å². The van der Waals surface area contributed by atoms with Crippen LogP contribution in [-0.4, -0.2) is 4.98 Å². The second kappa shape index (κ2) is 3.41. The molecule has 0 bridgehead atoms. The van der Waals surface area contributed by atoms with Crippen LogP contribution >= 0.6 is 0 Å². The molecule has 0 spiro atoms. The lowest BCUT2D eigenvalue weighted by atomic mass is 9.92. The summed E-state index contributed by atoms with van der Waals surface area (Å²) in [5, 5.41) is 0. The summed E-state index contributed by atoms with van der Waals surface area (Å²) in [6.45, 7) is 13.0. The zero-order valence-corrected chi connectivity index (χ0v) is 10.1. The lowest BCUT2D eigenvalue weighted by Gasteiger charge is -2.16. The van der Waals surface area contributed by atoms with Gasteiger partial charge in [0.1, 0.15) is 5.76 Å². The Hall–Kier alpha value is -0.790. The fourth-order valence-corrected chi connectivity index (χ4v) is 1.19. The van der Waals surface area contributed by atoms with Gasteiger partial charge >= 0.3 is 0 Å². The lowest BCUT2D eigenvalue weighted by Crippen LogP contribution is -2.10. The maximum absolute atomic E-state index is 5.71. The van der Waals surface area contributed by atoms with Gasteiger partial charge in [0.05, 0.1) is 6.20 Å². The van der Waals surface area contributed by atoms with Crippen LogP contribution in [0.25, 0.3) is 0 Å². The molecule has 14 heavy (non-hydrogen) atoms. The summed E-state index contributed by atoms with van der Waals surface area (Å²) in [7, 11) is 0. The lowest BCUT2D eigenvalue weighted by molar-refractivity contribution is 0.325. The highest BCUT2D eigenvalue weighted by Crippen LogP contribution is 2.26. The quantitative estimate of drug-likeness (QED) is 0.684. The van der Waals surface area contributed by atoms with E-state index in [1.807, 2.05) is 6.20 Å². The molecule has 2 heteroatoms. The summed E-state index contributed by atoms with van der Waals surface area (Å²) in [5.41, 5.74) is 0.295. The van der Waals surface area contributed by atoms with E-state index in [4.69, 9.17) is 4.42 Å². The third kappa shape index (κ3) is 3.17. The number of nitrogens with zero attached hydrogens (tertiary/aromatic N) is 1. The fourth-order valence-electron chi connectivity index (χ4n) is 1.19. The largest absolute Gasteiger partial charge is 0.445 e. The summed E-state index contributed by atoms with van der Waals surface area (Å²) in [6.07, 6.45) is 2.74. The van der Waals surface area contributed by atoms with Gasteiger partial charge in [0, 0.05) is 11.8 Å². The molecule has 2 nitrogen and oxygen atoms in total. The van der Waals surface area contributed by atoms with Gasteiger partial charge < -0.3 is 4.42 Å². The first-order valence-corrected chi connectivity index (χ1v) is 5.14. The molecule has 1 aromatic rings. The van der Waals surface area contributed by atoms with Gasteiger partial charge in [-0.25, -0.2) is 4.98 Å². The Morgan fingerprint density at radius 2 is 1.71 bits per heavy atom. The van der Waals surface area contributed by atoms with E-state index in [0.717, 1.165) is 18.1 Å². The van der Waals surface area contributed by atoms with E-state index < -0.39 is 0 Å². The van der Waals surface area contributed by atoms with Crippen molar-refractivity contribution in [1.29, 1.82) is 0 Å². The SMILES string of the molecule is CC(C)(C)Cc1ncc(C(C)(C)C)o1. The molecule has 0 amide bonds. The molecular formula is C12H21NO. The van der Waals surface area contributed by atoms with Crippen molar-refractivity contribution in [3.63, 3.8) is 0 Å². The van der Waals surface area contributed by atoms with Crippen molar-refractivity contribution >= 4 is 0 Å². The molecule has 0 saturated heterocycles. The van der Waals surface area contributed by atoms with E-state index >= 15 is 0 Å². The Morgan fingerprint density at radius 3 is 2.07 bits per heavy atom. The molecule has 80 valence electrons. The minimum atomic E-state index is 0.0587. The van der Waals surface area contributed by atoms with Crippen molar-refractivity contribution in [2.24, 2.45) is 5.41 Å². The number of oxazole rings is 1. The van der Waals surface area contributed by atoms with Crippen molar-refractivity contribution in [1.82, 2.24) is 4.98 Å². The fraction of sp³-hybridized carbons (Fsp3) is 0.750. The van der Waals surface area contributed by atoms with E-state index in [0.29, 0.717) is 0 Å². The van der Waals surface area contributed by atoms with Crippen molar-refractivity contribution in [3.8, 4) is 0 Å². The summed E-state index contributed by atoms with van der Waals surface area (Å²) in [6, 6.07) is 0. The number of hydrogen-bond donors (Lipinski definition) is 0. The second-order valence-electron chi connectivity index (χ2n) is 6.11. The smallest absolute Gasteiger partial charge is 0.194 e. The van der Waals surface area contributed by atoms with Crippen LogP contribution in [0, 0.1) is 5.41 Å². The van der Waals surface area contributed by atoms with Crippen LogP contribution in [-0.2, 0) is 11.8 Å². The average Bonchev–Trinajstić information content (AvgIpc) is 2.29. The molecule has 0 aliphatic carbocycles. The van der Waals surface area contributed by atoms with E-state index in [1.165, 1.54) is 0 Å². The van der Waals surface area contributed by atoms with E-state index in [9.17, 15) is 0 Å². The molecule has 0 radical (unpaired) electrons. The van der Waals surface area contributed by atoms with Gasteiger partial charge in [-0.3, -0.25) is 0 Å². The number of hydrogen-bond acceptors (Lipinski definition) is 2. The highest BCUT2D eigenvalue weighted by molar-refractivity contribution is 5.06. The third-order valence-corrected chi connectivity index (χ3v) is 1.97. The molecular weight excluding hydrogens is 174 g/mol. The minimum absolute atomic E-state index is 0.0587. The maximum Gasteiger partial charge on any atom is 0.194 e. The van der Waals surface area contributed by atoms with Crippen LogP contribution in [0.1, 0.15) is 53.2 Å². The van der Waals surface area contributed by atoms with Gasteiger partial charge in [-0.05, 0) is 5.41 Å². The van der Waals surface area contributed by atoms with Crippen LogP contribution in [0.3, 0.4) is 0 Å². The predicted molar refractivity (Wildman–Crippen MR) is 58.4 cm³/mol. The highest BCUT2D eigenvalue weighted by Gasteiger charge is 2.21. The Kier molecular flexibility index (Phi) is 2.75. The van der Waals surface area contributed by atoms with Gasteiger partial charge in [0.15, 0.2) is 5.89 Å². The molecule has 0 aromatic carbocycles. The van der Waals surface area contributed by atoms with Gasteiger partial charge in [-0.15, -0.1) is 0 Å². The summed E-state index contributed by atoms with van der Waals surface area (Å²) < 4.78 is 5.71. The molecule has 0 saturated carbocycles. The van der Waals surface area contributed by atoms with Crippen molar-refractivity contribution in [2.45, 2.75) is 53.4 Å². The van der Waals surface area contributed by atoms with Crippen molar-refractivity contribution < 1.29 is 4.42 Å². The first kappa shape index (κ1) is 11.3. The topological polar surface area (TPSA) is 26.0 Å². The zero-order valence-electron chi connectivity index (χ0n) is 10.1. The molecule has 1 aromatic heterocycles. The van der Waals surface area contributed by atoms with Gasteiger partial charge in [0.2, 0.25) is 0 Å². The van der Waals surface area contributed by atoms with Crippen molar-refractivity contribution in [3.05, 3.63) is 17.8 Å². The monoisotopic (exact) mass is 195 g/mol. The Bertz CT molecular complexity index is 299. The maximum atomic E-state index is 5.71. The normalized spacial score (nSPS) is 13.3. The van der Waals surface area contributed by atoms with Crippen LogP contribution in [0.5, 0.6) is 0 Å². The Morgan fingerprint density at radius 1 is 1.14 bits per heavy atom. The van der Waals surface area contributed by atoms with E-state index in [2.05, 4.69) is 46.5 Å². The molecule has 0 N–H and O–H groups in total. The highest BCUT2D eigenvalue weighted by atomic mass is 16.4. The Balaban J connectivity index is 2.79. The van der Waals surface area contributed by atoms with Crippen LogP contribution in [0.2, 0.25) is 0 Å². The number of rotatable bonds is 1. The first-order valence-electron chi connectivity index (χ1n) is 5.14. The molecule has 0 aliphatic heterocycles. The molecule has 0 unspecified atom stereocenters.